The summed E-state index contributed by atoms with van der Waals surface area (Å²) in [4.78, 5) is 26.2. The number of nitrogens with zero attached hydrogens (tertiary/aromatic N) is 2. The summed E-state index contributed by atoms with van der Waals surface area (Å²) in [5.74, 6) is 0.118. The van der Waals surface area contributed by atoms with E-state index in [4.69, 9.17) is 9.26 Å². The fraction of sp³-hybridized carbons (Fsp3) is 0.346. The van der Waals surface area contributed by atoms with Gasteiger partial charge in [0.25, 0.3) is 5.91 Å². The Bertz CT molecular complexity index is 1160. The number of quaternary nitrogens is 1. The van der Waals surface area contributed by atoms with Gasteiger partial charge in [0, 0.05) is 24.8 Å². The lowest BCUT2D eigenvalue weighted by Gasteiger charge is -2.51. The highest BCUT2D eigenvalue weighted by molar-refractivity contribution is 5.93. The predicted octanol–water partition coefficient (Wildman–Crippen LogP) is 0.582. The summed E-state index contributed by atoms with van der Waals surface area (Å²) in [6, 6.07) is 17.8. The second-order valence-corrected chi connectivity index (χ2v) is 9.48. The average molecular weight is 524 g/mol. The first-order chi connectivity index (χ1) is 16.1. The number of carbonyl (C=O) groups is 2. The number of hydrogen-bond acceptors (Lipinski definition) is 5. The summed E-state index contributed by atoms with van der Waals surface area (Å²) >= 11 is 0. The first-order valence-electron chi connectivity index (χ1n) is 11.6. The molecule has 3 fully saturated rings. The molecule has 7 rings (SSSR count). The van der Waals surface area contributed by atoms with Crippen molar-refractivity contribution in [2.75, 3.05) is 31.5 Å². The minimum absolute atomic E-state index is 0. The van der Waals surface area contributed by atoms with Crippen molar-refractivity contribution in [3.63, 3.8) is 0 Å². The minimum Gasteiger partial charge on any atom is -1.00 e. The van der Waals surface area contributed by atoms with Gasteiger partial charge in [0.05, 0.1) is 13.1 Å². The van der Waals surface area contributed by atoms with E-state index in [2.05, 4.69) is 22.6 Å². The maximum absolute atomic E-state index is 13.5. The Hall–Kier alpha value is -2.97. The third-order valence-corrected chi connectivity index (χ3v) is 7.56. The van der Waals surface area contributed by atoms with E-state index in [0.29, 0.717) is 29.3 Å². The van der Waals surface area contributed by atoms with Gasteiger partial charge in [-0.3, -0.25) is 9.59 Å². The number of nitrogens with one attached hydrogen (secondary N) is 1. The van der Waals surface area contributed by atoms with Crippen LogP contribution >= 0.6 is 0 Å². The summed E-state index contributed by atoms with van der Waals surface area (Å²) in [6.07, 6.45) is 3.20. The summed E-state index contributed by atoms with van der Waals surface area (Å²) in [5.41, 5.74) is 4.25. The topological polar surface area (TPSA) is 81.4 Å². The van der Waals surface area contributed by atoms with E-state index in [1.807, 2.05) is 36.4 Å². The maximum Gasteiger partial charge on any atom is 0.318 e. The highest BCUT2D eigenvalue weighted by Gasteiger charge is 2.49. The number of piperidine rings is 3. The number of amides is 1. The van der Waals surface area contributed by atoms with E-state index in [0.717, 1.165) is 48.2 Å². The average Bonchev–Trinajstić information content (AvgIpc) is 3.45. The van der Waals surface area contributed by atoms with Crippen LogP contribution in [0.3, 0.4) is 0 Å². The zero-order valence-electron chi connectivity index (χ0n) is 18.7. The number of ether oxygens (including phenoxy) is 1. The number of hydrogen-bond donors (Lipinski definition) is 1. The van der Waals surface area contributed by atoms with E-state index >= 15 is 0 Å². The summed E-state index contributed by atoms with van der Waals surface area (Å²) < 4.78 is 11.7. The molecule has 1 amide bonds. The smallest absolute Gasteiger partial charge is 0.318 e. The standard InChI is InChI=1S/C26H25N3O4.BrH/c30-24(27-23-11-14-32-28-23)16-29-12-9-17(10-13-29)22(15-29)33-26(31)25-20-7-3-1-5-18(20)19-6-2-4-8-21(19)25;/h1-8,11,14,17,22,25H,9-10,12-13,15-16H2;1H/t17?,22-,29?;/m0./s1. The monoisotopic (exact) mass is 523 g/mol. The van der Waals surface area contributed by atoms with Gasteiger partial charge in [-0.2, -0.15) is 0 Å². The van der Waals surface area contributed by atoms with Crippen LogP contribution in [0.1, 0.15) is 29.9 Å². The number of fused-ring (bicyclic) bond motifs is 6. The van der Waals surface area contributed by atoms with Crippen LogP contribution in [0.25, 0.3) is 11.1 Å². The molecule has 1 atom stereocenters. The molecule has 0 unspecified atom stereocenters. The van der Waals surface area contributed by atoms with Crippen LogP contribution in [-0.2, 0) is 14.3 Å². The molecule has 3 saturated heterocycles. The van der Waals surface area contributed by atoms with E-state index in [9.17, 15) is 9.59 Å². The zero-order chi connectivity index (χ0) is 22.4. The van der Waals surface area contributed by atoms with Crippen LogP contribution < -0.4 is 22.3 Å². The second kappa shape index (κ2) is 9.00. The molecule has 0 spiro atoms. The van der Waals surface area contributed by atoms with Gasteiger partial charge in [0.2, 0.25) is 0 Å². The van der Waals surface area contributed by atoms with Crippen LogP contribution in [0.4, 0.5) is 5.82 Å². The summed E-state index contributed by atoms with van der Waals surface area (Å²) in [7, 11) is 0. The molecular formula is C26H26BrN3O4. The highest BCUT2D eigenvalue weighted by atomic mass is 79.9. The van der Waals surface area contributed by atoms with Crippen molar-refractivity contribution in [3.05, 3.63) is 72.0 Å². The number of benzene rings is 2. The molecule has 34 heavy (non-hydrogen) atoms. The van der Waals surface area contributed by atoms with E-state index < -0.39 is 5.92 Å². The number of anilines is 1. The summed E-state index contributed by atoms with van der Waals surface area (Å²) in [5, 5.41) is 6.56. The largest absolute Gasteiger partial charge is 1.00 e. The third-order valence-electron chi connectivity index (χ3n) is 7.56. The van der Waals surface area contributed by atoms with Gasteiger partial charge in [0.1, 0.15) is 18.7 Å². The quantitative estimate of drug-likeness (QED) is 0.391. The number of rotatable bonds is 5. The molecule has 0 radical (unpaired) electrons. The number of esters is 1. The van der Waals surface area contributed by atoms with Gasteiger partial charge in [0.15, 0.2) is 18.5 Å². The Balaban J connectivity index is 0.00000241. The molecule has 7 nitrogen and oxygen atoms in total. The minimum atomic E-state index is -0.392. The van der Waals surface area contributed by atoms with Crippen molar-refractivity contribution in [2.45, 2.75) is 24.9 Å². The van der Waals surface area contributed by atoms with Gasteiger partial charge in [-0.1, -0.05) is 53.7 Å². The molecule has 0 saturated carbocycles. The predicted molar refractivity (Wildman–Crippen MR) is 121 cm³/mol. The fourth-order valence-electron chi connectivity index (χ4n) is 5.97. The lowest BCUT2D eigenvalue weighted by molar-refractivity contribution is -0.938. The molecule has 176 valence electrons. The molecule has 3 aromatic rings. The normalized spacial score (nSPS) is 24.6. The van der Waals surface area contributed by atoms with Crippen LogP contribution in [-0.4, -0.2) is 53.8 Å². The fourth-order valence-corrected chi connectivity index (χ4v) is 5.97. The van der Waals surface area contributed by atoms with Crippen LogP contribution in [0, 0.1) is 5.92 Å². The van der Waals surface area contributed by atoms with E-state index in [1.54, 1.807) is 6.07 Å². The van der Waals surface area contributed by atoms with Crippen LogP contribution in [0.5, 0.6) is 0 Å². The number of halogens is 1. The van der Waals surface area contributed by atoms with E-state index in [-0.39, 0.29) is 35.0 Å². The maximum atomic E-state index is 13.5. The zero-order valence-corrected chi connectivity index (χ0v) is 20.2. The SMILES string of the molecule is O=C(C[N+]12CCC(CC1)[C@@H](OC(=O)C1c3ccccc3-c3ccccc31)C2)Nc1ccon1.[Br-]. The van der Waals surface area contributed by atoms with Crippen molar-refractivity contribution in [3.8, 4) is 11.1 Å². The van der Waals surface area contributed by atoms with Crippen molar-refractivity contribution < 1.29 is 40.3 Å². The lowest BCUT2D eigenvalue weighted by atomic mass is 9.83. The van der Waals surface area contributed by atoms with Crippen molar-refractivity contribution in [2.24, 2.45) is 5.92 Å². The Morgan fingerprint density at radius 1 is 1.00 bits per heavy atom. The van der Waals surface area contributed by atoms with Gasteiger partial charge in [-0.05, 0) is 22.3 Å². The molecule has 2 bridgehead atoms. The van der Waals surface area contributed by atoms with Gasteiger partial charge < -0.3 is 36.0 Å². The van der Waals surface area contributed by atoms with Gasteiger partial charge in [-0.15, -0.1) is 0 Å². The molecule has 4 heterocycles. The first kappa shape index (κ1) is 22.8. The molecule has 1 N–H and O–H groups in total. The van der Waals surface area contributed by atoms with Crippen LogP contribution in [0.15, 0.2) is 65.4 Å². The molecule has 1 aromatic heterocycles. The number of aromatic nitrogens is 1. The molecule has 4 aliphatic rings. The molecule has 2 aromatic carbocycles. The third kappa shape index (κ3) is 3.95. The molecule has 8 heteroatoms. The lowest BCUT2D eigenvalue weighted by Crippen LogP contribution is -3.00. The van der Waals surface area contributed by atoms with Gasteiger partial charge >= 0.3 is 5.97 Å². The van der Waals surface area contributed by atoms with Crippen molar-refractivity contribution >= 4 is 17.7 Å². The van der Waals surface area contributed by atoms with Crippen molar-refractivity contribution in [1.29, 1.82) is 0 Å². The first-order valence-corrected chi connectivity index (χ1v) is 11.6. The molecule has 1 aliphatic carbocycles. The molecule has 3 aliphatic heterocycles. The number of carbonyl (C=O) groups excluding carboxylic acids is 2. The Morgan fingerprint density at radius 2 is 1.65 bits per heavy atom. The Labute approximate surface area is 208 Å². The van der Waals surface area contributed by atoms with Gasteiger partial charge in [-0.25, -0.2) is 0 Å². The summed E-state index contributed by atoms with van der Waals surface area (Å²) in [6.45, 7) is 2.89. The van der Waals surface area contributed by atoms with Crippen LogP contribution in [0.2, 0.25) is 0 Å². The van der Waals surface area contributed by atoms with Crippen molar-refractivity contribution in [1.82, 2.24) is 5.16 Å². The second-order valence-electron chi connectivity index (χ2n) is 9.48. The Morgan fingerprint density at radius 3 is 2.26 bits per heavy atom. The Kier molecular flexibility index (Phi) is 6.04. The highest BCUT2D eigenvalue weighted by Crippen LogP contribution is 2.46. The molecular weight excluding hydrogens is 498 g/mol. The van der Waals surface area contributed by atoms with E-state index in [1.165, 1.54) is 6.26 Å².